The molecule has 0 spiro atoms. The van der Waals surface area contributed by atoms with Gasteiger partial charge in [0.25, 0.3) is 0 Å². The van der Waals surface area contributed by atoms with Gasteiger partial charge in [-0.25, -0.2) is 9.59 Å². The highest BCUT2D eigenvalue weighted by molar-refractivity contribution is 5.97. The standard InChI is InChI=1S/C36H42O6/c1-25(2)13-10-15-27(5)21-23-39-30-19-12-20-31-32(30)33(42-35(37)29-17-8-7-9-18-29)34(36(38)41-31)40-24-22-28(6)16-11-14-26(3)4/h7-9,12-14,17-22H,10-11,15-16,23-24H2,1-6H3/b27-21+,28-22+. The number of carbonyl (C=O) groups is 1. The Morgan fingerprint density at radius 2 is 1.31 bits per heavy atom. The van der Waals surface area contributed by atoms with Crippen LogP contribution in [0.25, 0.3) is 11.0 Å². The van der Waals surface area contributed by atoms with E-state index >= 15 is 0 Å². The lowest BCUT2D eigenvalue weighted by Gasteiger charge is -2.15. The van der Waals surface area contributed by atoms with E-state index in [-0.39, 0.29) is 23.7 Å². The first-order valence-electron chi connectivity index (χ1n) is 14.4. The molecule has 0 aliphatic rings. The lowest BCUT2D eigenvalue weighted by Crippen LogP contribution is -2.15. The third-order valence-corrected chi connectivity index (χ3v) is 6.53. The highest BCUT2D eigenvalue weighted by atomic mass is 16.6. The van der Waals surface area contributed by atoms with Crippen molar-refractivity contribution >= 4 is 16.9 Å². The zero-order valence-corrected chi connectivity index (χ0v) is 25.6. The van der Waals surface area contributed by atoms with Gasteiger partial charge in [0.05, 0.1) is 5.56 Å². The summed E-state index contributed by atoms with van der Waals surface area (Å²) in [7, 11) is 0. The van der Waals surface area contributed by atoms with Gasteiger partial charge in [0.15, 0.2) is 5.75 Å². The fourth-order valence-corrected chi connectivity index (χ4v) is 4.16. The van der Waals surface area contributed by atoms with Gasteiger partial charge in [-0.15, -0.1) is 0 Å². The van der Waals surface area contributed by atoms with E-state index in [9.17, 15) is 9.59 Å². The van der Waals surface area contributed by atoms with Crippen molar-refractivity contribution < 1.29 is 23.4 Å². The van der Waals surface area contributed by atoms with Gasteiger partial charge >= 0.3 is 11.6 Å². The average molecular weight is 571 g/mol. The van der Waals surface area contributed by atoms with Crippen molar-refractivity contribution in [2.24, 2.45) is 0 Å². The predicted molar refractivity (Wildman–Crippen MR) is 170 cm³/mol. The summed E-state index contributed by atoms with van der Waals surface area (Å²) in [6.07, 6.45) is 12.0. The SMILES string of the molecule is CC(C)=CCC/C(C)=C/COc1c(OC(=O)c2ccccc2)c2c(OC/C=C(\C)CCC=C(C)C)cccc2oc1=O. The van der Waals surface area contributed by atoms with E-state index in [1.165, 1.54) is 16.7 Å². The topological polar surface area (TPSA) is 75.0 Å². The van der Waals surface area contributed by atoms with E-state index in [4.69, 9.17) is 18.6 Å². The lowest BCUT2D eigenvalue weighted by atomic mass is 10.1. The fraction of sp³-hybridized carbons (Fsp3) is 0.333. The second-order valence-corrected chi connectivity index (χ2v) is 10.8. The Labute approximate surface area is 249 Å². The summed E-state index contributed by atoms with van der Waals surface area (Å²) < 4.78 is 23.5. The van der Waals surface area contributed by atoms with Gasteiger partial charge < -0.3 is 18.6 Å². The number of ether oxygens (including phenoxy) is 3. The van der Waals surface area contributed by atoms with Crippen LogP contribution in [-0.4, -0.2) is 19.2 Å². The fourth-order valence-electron chi connectivity index (χ4n) is 4.16. The molecule has 3 rings (SSSR count). The van der Waals surface area contributed by atoms with Gasteiger partial charge in [0, 0.05) is 0 Å². The third-order valence-electron chi connectivity index (χ3n) is 6.53. The van der Waals surface area contributed by atoms with Gasteiger partial charge in [-0.1, -0.05) is 58.7 Å². The van der Waals surface area contributed by atoms with E-state index in [0.717, 1.165) is 31.3 Å². The van der Waals surface area contributed by atoms with Crippen LogP contribution in [0.5, 0.6) is 17.2 Å². The molecule has 2 aromatic carbocycles. The van der Waals surface area contributed by atoms with Crippen molar-refractivity contribution in [3.8, 4) is 17.2 Å². The second kappa shape index (κ2) is 16.2. The van der Waals surface area contributed by atoms with Gasteiger partial charge in [-0.3, -0.25) is 0 Å². The Hall–Kier alpha value is -4.32. The second-order valence-electron chi connectivity index (χ2n) is 10.8. The lowest BCUT2D eigenvalue weighted by molar-refractivity contribution is 0.0730. The number of hydrogen-bond donors (Lipinski definition) is 0. The number of hydrogen-bond acceptors (Lipinski definition) is 6. The molecule has 42 heavy (non-hydrogen) atoms. The molecule has 1 heterocycles. The maximum absolute atomic E-state index is 13.2. The summed E-state index contributed by atoms with van der Waals surface area (Å²) >= 11 is 0. The highest BCUT2D eigenvalue weighted by Gasteiger charge is 2.24. The quantitative estimate of drug-likeness (QED) is 0.109. The minimum absolute atomic E-state index is 0.0226. The summed E-state index contributed by atoms with van der Waals surface area (Å²) in [6, 6.07) is 13.7. The van der Waals surface area contributed by atoms with Gasteiger partial charge in [0.1, 0.15) is 29.9 Å². The Balaban J connectivity index is 1.95. The molecule has 0 amide bonds. The van der Waals surface area contributed by atoms with Crippen LogP contribution in [-0.2, 0) is 0 Å². The molecule has 0 N–H and O–H groups in total. The summed E-state index contributed by atoms with van der Waals surface area (Å²) in [4.78, 5) is 26.2. The minimum atomic E-state index is -0.735. The Bertz CT molecular complexity index is 1530. The zero-order chi connectivity index (χ0) is 30.5. The molecule has 0 unspecified atom stereocenters. The molecular weight excluding hydrogens is 528 g/mol. The van der Waals surface area contributed by atoms with E-state index in [1.807, 2.05) is 25.1 Å². The predicted octanol–water partition coefficient (Wildman–Crippen LogP) is 9.16. The van der Waals surface area contributed by atoms with E-state index < -0.39 is 11.6 Å². The van der Waals surface area contributed by atoms with Crippen molar-refractivity contribution in [2.45, 2.75) is 67.2 Å². The van der Waals surface area contributed by atoms with Crippen LogP contribution in [0.15, 0.2) is 104 Å². The number of esters is 1. The number of allylic oxidation sites excluding steroid dienone is 6. The minimum Gasteiger partial charge on any atom is -0.489 e. The summed E-state index contributed by atoms with van der Waals surface area (Å²) in [5, 5.41) is 0.358. The number of carbonyl (C=O) groups excluding carboxylic acids is 1. The molecule has 6 heteroatoms. The van der Waals surface area contributed by atoms with E-state index in [1.54, 1.807) is 42.5 Å². The Morgan fingerprint density at radius 1 is 0.714 bits per heavy atom. The van der Waals surface area contributed by atoms with E-state index in [0.29, 0.717) is 23.3 Å². The third kappa shape index (κ3) is 9.95. The van der Waals surface area contributed by atoms with Crippen LogP contribution in [0, 0.1) is 0 Å². The van der Waals surface area contributed by atoms with E-state index in [2.05, 4.69) is 46.8 Å². The first-order chi connectivity index (χ1) is 20.2. The summed E-state index contributed by atoms with van der Waals surface area (Å²) in [5.74, 6) is -0.403. The monoisotopic (exact) mass is 570 g/mol. The molecule has 1 aromatic heterocycles. The number of benzene rings is 2. The first-order valence-corrected chi connectivity index (χ1v) is 14.4. The van der Waals surface area contributed by atoms with Crippen molar-refractivity contribution in [1.29, 1.82) is 0 Å². The molecule has 222 valence electrons. The molecule has 0 atom stereocenters. The molecule has 6 nitrogen and oxygen atoms in total. The molecule has 0 fully saturated rings. The zero-order valence-electron chi connectivity index (χ0n) is 25.6. The maximum atomic E-state index is 13.2. The Kier molecular flexibility index (Phi) is 12.4. The van der Waals surface area contributed by atoms with Crippen molar-refractivity contribution in [2.75, 3.05) is 13.2 Å². The normalized spacial score (nSPS) is 11.7. The van der Waals surface area contributed by atoms with Crippen LogP contribution in [0.2, 0.25) is 0 Å². The van der Waals surface area contributed by atoms with Gasteiger partial charge in [-0.2, -0.15) is 0 Å². The van der Waals surface area contributed by atoms with Crippen molar-refractivity contribution in [1.82, 2.24) is 0 Å². The first kappa shape index (κ1) is 32.2. The molecule has 0 saturated heterocycles. The molecule has 0 aliphatic carbocycles. The van der Waals surface area contributed by atoms with Crippen LogP contribution in [0.3, 0.4) is 0 Å². The summed E-state index contributed by atoms with van der Waals surface area (Å²) in [5.41, 5.74) is 4.72. The number of fused-ring (bicyclic) bond motifs is 1. The molecule has 3 aromatic rings. The van der Waals surface area contributed by atoms with Gasteiger partial charge in [-0.05, 0) is 104 Å². The highest BCUT2D eigenvalue weighted by Crippen LogP contribution is 2.39. The van der Waals surface area contributed by atoms with Crippen LogP contribution >= 0.6 is 0 Å². The number of rotatable bonds is 14. The van der Waals surface area contributed by atoms with Crippen LogP contribution in [0.4, 0.5) is 0 Å². The molecule has 0 aliphatic heterocycles. The summed E-state index contributed by atoms with van der Waals surface area (Å²) in [6.45, 7) is 12.8. The maximum Gasteiger partial charge on any atom is 0.383 e. The smallest absolute Gasteiger partial charge is 0.383 e. The average Bonchev–Trinajstić information content (AvgIpc) is 2.94. The van der Waals surface area contributed by atoms with Gasteiger partial charge in [0.2, 0.25) is 5.75 Å². The van der Waals surface area contributed by atoms with Crippen LogP contribution in [0.1, 0.15) is 77.6 Å². The van der Waals surface area contributed by atoms with Crippen molar-refractivity contribution in [3.63, 3.8) is 0 Å². The largest absolute Gasteiger partial charge is 0.489 e. The molecule has 0 saturated carbocycles. The molecular formula is C36H42O6. The van der Waals surface area contributed by atoms with Crippen molar-refractivity contribution in [3.05, 3.63) is 111 Å². The molecule has 0 radical (unpaired) electrons. The molecule has 0 bridgehead atoms. The van der Waals surface area contributed by atoms with Crippen LogP contribution < -0.4 is 19.8 Å². The Morgan fingerprint density at radius 3 is 1.90 bits per heavy atom.